The molecule has 0 atom stereocenters. The molecule has 86 valence electrons. The molecule has 0 unspecified atom stereocenters. The van der Waals surface area contributed by atoms with Crippen LogP contribution in [0, 0.1) is 11.6 Å². The maximum atomic E-state index is 13.6. The molecule has 0 saturated carbocycles. The van der Waals surface area contributed by atoms with Crippen molar-refractivity contribution in [3.8, 4) is 11.1 Å². The predicted molar refractivity (Wildman–Crippen MR) is 60.0 cm³/mol. The van der Waals surface area contributed by atoms with Gasteiger partial charge >= 0.3 is 0 Å². The van der Waals surface area contributed by atoms with E-state index < -0.39 is 11.6 Å². The lowest BCUT2D eigenvalue weighted by atomic mass is 10.0. The first-order chi connectivity index (χ1) is 8.15. The van der Waals surface area contributed by atoms with Crippen molar-refractivity contribution in [3.63, 3.8) is 0 Å². The molecule has 0 bridgehead atoms. The Morgan fingerprint density at radius 3 is 2.65 bits per heavy atom. The van der Waals surface area contributed by atoms with Gasteiger partial charge in [-0.3, -0.25) is 9.78 Å². The van der Waals surface area contributed by atoms with Crippen molar-refractivity contribution in [2.75, 3.05) is 0 Å². The lowest BCUT2D eigenvalue weighted by molar-refractivity contribution is 0.112. The van der Waals surface area contributed by atoms with Crippen LogP contribution in [0.4, 0.5) is 8.78 Å². The fourth-order valence-corrected chi connectivity index (χ4v) is 1.69. The first-order valence-corrected chi connectivity index (χ1v) is 5.06. The number of hydrogen-bond acceptors (Lipinski definition) is 2. The van der Waals surface area contributed by atoms with E-state index in [2.05, 4.69) is 4.98 Å². The van der Waals surface area contributed by atoms with E-state index in [1.807, 2.05) is 0 Å². The summed E-state index contributed by atoms with van der Waals surface area (Å²) in [6.07, 6.45) is 3.03. The highest BCUT2D eigenvalue weighted by Crippen LogP contribution is 2.29. The Hall–Kier alpha value is -1.81. The van der Waals surface area contributed by atoms with E-state index in [4.69, 9.17) is 11.6 Å². The van der Waals surface area contributed by atoms with Crippen molar-refractivity contribution < 1.29 is 13.6 Å². The Morgan fingerprint density at radius 1 is 1.18 bits per heavy atom. The van der Waals surface area contributed by atoms with Crippen molar-refractivity contribution in [1.29, 1.82) is 0 Å². The number of pyridine rings is 1. The van der Waals surface area contributed by atoms with E-state index in [1.54, 1.807) is 0 Å². The molecule has 5 heteroatoms. The summed E-state index contributed by atoms with van der Waals surface area (Å²) >= 11 is 5.76. The molecule has 1 heterocycles. The van der Waals surface area contributed by atoms with Gasteiger partial charge in [-0.15, -0.1) is 0 Å². The lowest BCUT2D eigenvalue weighted by Crippen LogP contribution is -1.95. The molecule has 0 aliphatic carbocycles. The second kappa shape index (κ2) is 4.59. The summed E-state index contributed by atoms with van der Waals surface area (Å²) in [7, 11) is 0. The maximum absolute atomic E-state index is 13.6. The van der Waals surface area contributed by atoms with E-state index in [1.165, 1.54) is 24.5 Å². The average Bonchev–Trinajstić information content (AvgIpc) is 2.32. The van der Waals surface area contributed by atoms with Gasteiger partial charge in [-0.05, 0) is 6.07 Å². The molecule has 0 amide bonds. The van der Waals surface area contributed by atoms with Gasteiger partial charge in [-0.2, -0.15) is 0 Å². The Kier molecular flexibility index (Phi) is 3.15. The fourth-order valence-electron chi connectivity index (χ4n) is 1.49. The maximum Gasteiger partial charge on any atom is 0.166 e. The minimum atomic E-state index is -1.03. The highest BCUT2D eigenvalue weighted by atomic mass is 35.5. The minimum absolute atomic E-state index is 0.0397. The Balaban J connectivity index is 2.73. The largest absolute Gasteiger partial charge is 0.298 e. The average molecular weight is 254 g/mol. The molecule has 0 N–H and O–H groups in total. The molecule has 17 heavy (non-hydrogen) atoms. The quantitative estimate of drug-likeness (QED) is 0.767. The molecule has 2 nitrogen and oxygen atoms in total. The second-order valence-electron chi connectivity index (χ2n) is 3.30. The summed E-state index contributed by atoms with van der Waals surface area (Å²) in [5.41, 5.74) is 0.220. The Bertz CT molecular complexity index is 587. The second-order valence-corrected chi connectivity index (χ2v) is 3.71. The van der Waals surface area contributed by atoms with E-state index in [0.29, 0.717) is 6.29 Å². The van der Waals surface area contributed by atoms with Crippen LogP contribution in [0.5, 0.6) is 0 Å². The van der Waals surface area contributed by atoms with Gasteiger partial charge in [0.1, 0.15) is 0 Å². The monoisotopic (exact) mass is 253 g/mol. The van der Waals surface area contributed by atoms with Crippen LogP contribution in [0.15, 0.2) is 30.6 Å². The summed E-state index contributed by atoms with van der Waals surface area (Å²) in [5, 5.41) is 0.0983. The number of rotatable bonds is 2. The van der Waals surface area contributed by atoms with Crippen LogP contribution in [0.3, 0.4) is 0 Å². The topological polar surface area (TPSA) is 30.0 Å². The van der Waals surface area contributed by atoms with Crippen LogP contribution >= 0.6 is 11.6 Å². The first kappa shape index (κ1) is 11.7. The molecule has 0 aliphatic heterocycles. The fraction of sp³-hybridized carbons (Fsp3) is 0. The summed E-state index contributed by atoms with van der Waals surface area (Å²) in [5.74, 6) is -2.01. The van der Waals surface area contributed by atoms with Crippen molar-refractivity contribution in [3.05, 3.63) is 52.8 Å². The number of hydrogen-bond donors (Lipinski definition) is 0. The molecule has 0 spiro atoms. The van der Waals surface area contributed by atoms with Gasteiger partial charge in [0.25, 0.3) is 0 Å². The molecule has 1 aromatic carbocycles. The third-order valence-electron chi connectivity index (χ3n) is 2.30. The minimum Gasteiger partial charge on any atom is -0.298 e. The summed E-state index contributed by atoms with van der Waals surface area (Å²) in [6.45, 7) is 0. The van der Waals surface area contributed by atoms with Gasteiger partial charge in [-0.25, -0.2) is 8.78 Å². The normalized spacial score (nSPS) is 10.3. The SMILES string of the molecule is O=Cc1c(Cl)cncc1-c1cccc(F)c1F. The van der Waals surface area contributed by atoms with Crippen molar-refractivity contribution in [1.82, 2.24) is 4.98 Å². The van der Waals surface area contributed by atoms with E-state index in [9.17, 15) is 13.6 Å². The molecular formula is C12H6ClF2NO. The Morgan fingerprint density at radius 2 is 1.94 bits per heavy atom. The molecule has 0 fully saturated rings. The van der Waals surface area contributed by atoms with Gasteiger partial charge in [0, 0.05) is 29.1 Å². The number of nitrogens with zero attached hydrogens (tertiary/aromatic N) is 1. The third-order valence-corrected chi connectivity index (χ3v) is 2.60. The third kappa shape index (κ3) is 2.03. The smallest absolute Gasteiger partial charge is 0.166 e. The highest BCUT2D eigenvalue weighted by Gasteiger charge is 2.15. The lowest BCUT2D eigenvalue weighted by Gasteiger charge is -2.07. The highest BCUT2D eigenvalue weighted by molar-refractivity contribution is 6.33. The van der Waals surface area contributed by atoms with Crippen LogP contribution in [0.1, 0.15) is 10.4 Å². The van der Waals surface area contributed by atoms with Gasteiger partial charge in [-0.1, -0.05) is 23.7 Å². The standard InChI is InChI=1S/C12H6ClF2NO/c13-10-5-16-4-8(9(10)6-17)7-2-1-3-11(14)12(7)15/h1-6H. The van der Waals surface area contributed by atoms with Crippen LogP contribution in [-0.4, -0.2) is 11.3 Å². The zero-order chi connectivity index (χ0) is 12.4. The van der Waals surface area contributed by atoms with Crippen LogP contribution in [0.2, 0.25) is 5.02 Å². The first-order valence-electron chi connectivity index (χ1n) is 4.68. The number of aromatic nitrogens is 1. The molecule has 0 saturated heterocycles. The van der Waals surface area contributed by atoms with Gasteiger partial charge in [0.05, 0.1) is 5.02 Å². The summed E-state index contributed by atoms with van der Waals surface area (Å²) < 4.78 is 26.7. The van der Waals surface area contributed by atoms with Crippen molar-refractivity contribution in [2.24, 2.45) is 0 Å². The zero-order valence-corrected chi connectivity index (χ0v) is 9.21. The number of halogens is 3. The number of benzene rings is 1. The number of carbonyl (C=O) groups is 1. The molecule has 2 aromatic rings. The van der Waals surface area contributed by atoms with Crippen LogP contribution in [0.25, 0.3) is 11.1 Å². The van der Waals surface area contributed by atoms with Gasteiger partial charge in [0.15, 0.2) is 17.9 Å². The van der Waals surface area contributed by atoms with E-state index in [-0.39, 0.29) is 21.7 Å². The summed E-state index contributed by atoms with van der Waals surface area (Å²) in [6, 6.07) is 3.71. The summed E-state index contributed by atoms with van der Waals surface area (Å²) in [4.78, 5) is 14.6. The van der Waals surface area contributed by atoms with Crippen molar-refractivity contribution >= 4 is 17.9 Å². The van der Waals surface area contributed by atoms with Crippen molar-refractivity contribution in [2.45, 2.75) is 0 Å². The zero-order valence-electron chi connectivity index (χ0n) is 8.45. The van der Waals surface area contributed by atoms with E-state index in [0.717, 1.165) is 6.07 Å². The molecule has 1 aromatic heterocycles. The van der Waals surface area contributed by atoms with Gasteiger partial charge < -0.3 is 0 Å². The molecule has 0 radical (unpaired) electrons. The molecule has 2 rings (SSSR count). The molecular weight excluding hydrogens is 248 g/mol. The predicted octanol–water partition coefficient (Wildman–Crippen LogP) is 3.49. The van der Waals surface area contributed by atoms with Gasteiger partial charge in [0.2, 0.25) is 0 Å². The van der Waals surface area contributed by atoms with Crippen LogP contribution < -0.4 is 0 Å². The van der Waals surface area contributed by atoms with E-state index >= 15 is 0 Å². The number of carbonyl (C=O) groups excluding carboxylic acids is 1. The van der Waals surface area contributed by atoms with Crippen LogP contribution in [-0.2, 0) is 0 Å². The Labute approximate surface area is 101 Å². The number of aldehydes is 1. The molecule has 0 aliphatic rings.